The van der Waals surface area contributed by atoms with Crippen molar-refractivity contribution in [2.24, 2.45) is 7.05 Å². The Labute approximate surface area is 112 Å². The highest BCUT2D eigenvalue weighted by atomic mass is 15.2. The minimum absolute atomic E-state index is 1.01. The molecule has 0 amide bonds. The highest BCUT2D eigenvalue weighted by Gasteiger charge is 2.11. The van der Waals surface area contributed by atoms with E-state index in [2.05, 4.69) is 41.3 Å². The van der Waals surface area contributed by atoms with E-state index in [-0.39, 0.29) is 0 Å². The summed E-state index contributed by atoms with van der Waals surface area (Å²) in [6.45, 7) is 2.10. The van der Waals surface area contributed by atoms with Crippen molar-refractivity contribution in [3.63, 3.8) is 0 Å². The van der Waals surface area contributed by atoms with E-state index in [1.165, 1.54) is 5.56 Å². The van der Waals surface area contributed by atoms with E-state index in [9.17, 15) is 0 Å². The second kappa shape index (κ2) is 4.69. The van der Waals surface area contributed by atoms with Crippen LogP contribution in [0.25, 0.3) is 22.4 Å². The summed E-state index contributed by atoms with van der Waals surface area (Å²) in [4.78, 5) is 4.07. The van der Waals surface area contributed by atoms with Crippen molar-refractivity contribution in [2.45, 2.75) is 6.92 Å². The van der Waals surface area contributed by atoms with Crippen molar-refractivity contribution >= 4 is 0 Å². The van der Waals surface area contributed by atoms with Gasteiger partial charge >= 0.3 is 0 Å². The Balaban J connectivity index is 2.18. The second-order valence-electron chi connectivity index (χ2n) is 4.67. The molecule has 0 aliphatic carbocycles. The molecule has 94 valence electrons. The van der Waals surface area contributed by atoms with Crippen LogP contribution in [-0.4, -0.2) is 14.8 Å². The number of nitrogens with zero attached hydrogens (tertiary/aromatic N) is 3. The minimum atomic E-state index is 1.01. The van der Waals surface area contributed by atoms with Crippen molar-refractivity contribution in [2.75, 3.05) is 0 Å². The van der Waals surface area contributed by atoms with E-state index in [1.54, 1.807) is 0 Å². The highest BCUT2D eigenvalue weighted by Crippen LogP contribution is 2.30. The average molecular weight is 249 g/mol. The molecule has 0 atom stereocenters. The molecule has 0 fully saturated rings. The lowest BCUT2D eigenvalue weighted by atomic mass is 10.0. The van der Waals surface area contributed by atoms with Crippen molar-refractivity contribution in [1.82, 2.24) is 14.8 Å². The van der Waals surface area contributed by atoms with E-state index >= 15 is 0 Å². The Kier molecular flexibility index (Phi) is 2.88. The first-order valence-corrected chi connectivity index (χ1v) is 6.25. The molecule has 2 heterocycles. The third-order valence-electron chi connectivity index (χ3n) is 3.11. The summed E-state index contributed by atoms with van der Waals surface area (Å²) in [7, 11) is 1.95. The fourth-order valence-corrected chi connectivity index (χ4v) is 2.24. The number of pyridine rings is 1. The summed E-state index contributed by atoms with van der Waals surface area (Å²) in [5.74, 6) is 0. The molecule has 19 heavy (non-hydrogen) atoms. The van der Waals surface area contributed by atoms with E-state index in [0.29, 0.717) is 0 Å². The third kappa shape index (κ3) is 2.27. The van der Waals surface area contributed by atoms with Gasteiger partial charge in [0.15, 0.2) is 0 Å². The van der Waals surface area contributed by atoms with Gasteiger partial charge in [0.1, 0.15) is 5.69 Å². The van der Waals surface area contributed by atoms with Crippen LogP contribution >= 0.6 is 0 Å². The monoisotopic (exact) mass is 249 g/mol. The molecule has 0 radical (unpaired) electrons. The number of aromatic nitrogens is 3. The molecule has 3 rings (SSSR count). The summed E-state index contributed by atoms with van der Waals surface area (Å²) >= 11 is 0. The van der Waals surface area contributed by atoms with Crippen LogP contribution < -0.4 is 0 Å². The highest BCUT2D eigenvalue weighted by molar-refractivity contribution is 5.80. The van der Waals surface area contributed by atoms with Gasteiger partial charge in [-0.2, -0.15) is 5.10 Å². The van der Waals surface area contributed by atoms with Crippen LogP contribution in [0.3, 0.4) is 0 Å². The molecule has 2 aromatic heterocycles. The summed E-state index contributed by atoms with van der Waals surface area (Å²) in [5.41, 5.74) is 5.67. The smallest absolute Gasteiger partial charge is 0.100 e. The molecule has 0 aliphatic rings. The van der Waals surface area contributed by atoms with E-state index in [1.807, 2.05) is 42.5 Å². The number of hydrogen-bond donors (Lipinski definition) is 0. The molecular formula is C16H15N3. The van der Waals surface area contributed by atoms with E-state index < -0.39 is 0 Å². The van der Waals surface area contributed by atoms with Crippen LogP contribution in [0.1, 0.15) is 5.56 Å². The van der Waals surface area contributed by atoms with E-state index in [4.69, 9.17) is 0 Å². The van der Waals surface area contributed by atoms with Gasteiger partial charge in [-0.25, -0.2) is 0 Å². The zero-order chi connectivity index (χ0) is 13.2. The maximum Gasteiger partial charge on any atom is 0.100 e. The number of hydrogen-bond acceptors (Lipinski definition) is 2. The van der Waals surface area contributed by atoms with Crippen LogP contribution in [0, 0.1) is 6.92 Å². The van der Waals surface area contributed by atoms with Gasteiger partial charge in [-0.1, -0.05) is 23.8 Å². The van der Waals surface area contributed by atoms with Crippen LogP contribution in [0.4, 0.5) is 0 Å². The molecule has 3 heteroatoms. The van der Waals surface area contributed by atoms with Crippen LogP contribution in [-0.2, 0) is 7.05 Å². The maximum atomic E-state index is 4.59. The van der Waals surface area contributed by atoms with Crippen molar-refractivity contribution in [3.05, 3.63) is 60.6 Å². The SMILES string of the molecule is Cc1cccc(-c2nn(C)cc2-c2ccncc2)c1. The molecule has 0 unspecified atom stereocenters. The van der Waals surface area contributed by atoms with Gasteiger partial charge in [-0.15, -0.1) is 0 Å². The Bertz CT molecular complexity index is 699. The molecule has 0 N–H and O–H groups in total. The molecule has 0 aliphatic heterocycles. The molecular weight excluding hydrogens is 234 g/mol. The largest absolute Gasteiger partial charge is 0.275 e. The Hall–Kier alpha value is -2.42. The second-order valence-corrected chi connectivity index (χ2v) is 4.67. The van der Waals surface area contributed by atoms with Crippen molar-refractivity contribution < 1.29 is 0 Å². The molecule has 0 spiro atoms. The zero-order valence-corrected chi connectivity index (χ0v) is 11.0. The Morgan fingerprint density at radius 2 is 1.79 bits per heavy atom. The molecule has 3 aromatic rings. The Morgan fingerprint density at radius 1 is 1.00 bits per heavy atom. The minimum Gasteiger partial charge on any atom is -0.275 e. The molecule has 3 nitrogen and oxygen atoms in total. The van der Waals surface area contributed by atoms with E-state index in [0.717, 1.165) is 22.4 Å². The fourth-order valence-electron chi connectivity index (χ4n) is 2.24. The maximum absolute atomic E-state index is 4.59. The average Bonchev–Trinajstić information content (AvgIpc) is 2.82. The first-order chi connectivity index (χ1) is 9.24. The summed E-state index contributed by atoms with van der Waals surface area (Å²) in [5, 5.41) is 4.59. The van der Waals surface area contributed by atoms with Crippen LogP contribution in [0.2, 0.25) is 0 Å². The third-order valence-corrected chi connectivity index (χ3v) is 3.11. The van der Waals surface area contributed by atoms with Gasteiger partial charge in [-0.05, 0) is 30.7 Å². The normalized spacial score (nSPS) is 10.6. The molecule has 0 bridgehead atoms. The predicted octanol–water partition coefficient (Wildman–Crippen LogP) is 3.46. The van der Waals surface area contributed by atoms with Gasteiger partial charge in [0, 0.05) is 36.8 Å². The van der Waals surface area contributed by atoms with Crippen molar-refractivity contribution in [3.8, 4) is 22.4 Å². The quantitative estimate of drug-likeness (QED) is 0.696. The standard InChI is InChI=1S/C16H15N3/c1-12-4-3-5-14(10-12)16-15(11-19(2)18-16)13-6-8-17-9-7-13/h3-11H,1-2H3. The van der Waals surface area contributed by atoms with Crippen molar-refractivity contribution in [1.29, 1.82) is 0 Å². The lowest BCUT2D eigenvalue weighted by Crippen LogP contribution is -1.88. The lowest BCUT2D eigenvalue weighted by Gasteiger charge is -2.03. The van der Waals surface area contributed by atoms with Gasteiger partial charge in [0.25, 0.3) is 0 Å². The summed E-state index contributed by atoms with van der Waals surface area (Å²) in [6.07, 6.45) is 5.66. The van der Waals surface area contributed by atoms with Crippen LogP contribution in [0.15, 0.2) is 55.0 Å². The summed E-state index contributed by atoms with van der Waals surface area (Å²) < 4.78 is 1.85. The van der Waals surface area contributed by atoms with Gasteiger partial charge in [0.2, 0.25) is 0 Å². The number of benzene rings is 1. The predicted molar refractivity (Wildman–Crippen MR) is 76.6 cm³/mol. The number of aryl methyl sites for hydroxylation is 2. The topological polar surface area (TPSA) is 30.7 Å². The van der Waals surface area contributed by atoms with Gasteiger partial charge in [-0.3, -0.25) is 9.67 Å². The van der Waals surface area contributed by atoms with Gasteiger partial charge < -0.3 is 0 Å². The van der Waals surface area contributed by atoms with Crippen LogP contribution in [0.5, 0.6) is 0 Å². The fraction of sp³-hybridized carbons (Fsp3) is 0.125. The molecule has 1 aromatic carbocycles. The lowest BCUT2D eigenvalue weighted by molar-refractivity contribution is 0.771. The summed E-state index contributed by atoms with van der Waals surface area (Å²) in [6, 6.07) is 12.4. The number of rotatable bonds is 2. The molecule has 0 saturated heterocycles. The Morgan fingerprint density at radius 3 is 2.53 bits per heavy atom. The zero-order valence-electron chi connectivity index (χ0n) is 11.0. The first-order valence-electron chi connectivity index (χ1n) is 6.25. The first kappa shape index (κ1) is 11.7. The van der Waals surface area contributed by atoms with Gasteiger partial charge in [0.05, 0.1) is 0 Å². The molecule has 0 saturated carbocycles.